The van der Waals surface area contributed by atoms with Gasteiger partial charge in [-0.3, -0.25) is 9.36 Å². The van der Waals surface area contributed by atoms with Gasteiger partial charge in [0.05, 0.1) is 16.8 Å². The molecule has 0 N–H and O–H groups in total. The van der Waals surface area contributed by atoms with Gasteiger partial charge >= 0.3 is 0 Å². The van der Waals surface area contributed by atoms with Gasteiger partial charge in [-0.05, 0) is 55.4 Å². The third kappa shape index (κ3) is 4.89. The number of fused-ring (bicyclic) bond motifs is 1. The van der Waals surface area contributed by atoms with Gasteiger partial charge in [0.2, 0.25) is 5.91 Å². The Morgan fingerprint density at radius 2 is 1.94 bits per heavy atom. The topological polar surface area (TPSA) is 60.3 Å². The third-order valence-corrected chi connectivity index (χ3v) is 7.60. The maximum atomic E-state index is 13.1. The van der Waals surface area contributed by atoms with Crippen LogP contribution in [0.15, 0.2) is 53.7 Å². The fourth-order valence-electron chi connectivity index (χ4n) is 4.44. The van der Waals surface area contributed by atoms with E-state index in [4.69, 9.17) is 16.3 Å². The highest BCUT2D eigenvalue weighted by atomic mass is 35.5. The molecule has 0 spiro atoms. The number of benzene rings is 2. The Balaban J connectivity index is 1.25. The molecule has 1 saturated carbocycles. The van der Waals surface area contributed by atoms with Crippen molar-refractivity contribution in [3.8, 4) is 5.75 Å². The van der Waals surface area contributed by atoms with Gasteiger partial charge in [0.25, 0.3) is 0 Å². The molecule has 0 aliphatic heterocycles. The Morgan fingerprint density at radius 3 is 2.76 bits per heavy atom. The molecule has 5 rings (SSSR count). The van der Waals surface area contributed by atoms with Crippen molar-refractivity contribution < 1.29 is 9.53 Å². The molecule has 33 heavy (non-hydrogen) atoms. The summed E-state index contributed by atoms with van der Waals surface area (Å²) in [5.74, 6) is 1.84. The van der Waals surface area contributed by atoms with E-state index >= 15 is 0 Å². The van der Waals surface area contributed by atoms with Crippen LogP contribution >= 0.6 is 23.4 Å². The van der Waals surface area contributed by atoms with E-state index in [1.54, 1.807) is 6.07 Å². The van der Waals surface area contributed by atoms with Crippen molar-refractivity contribution >= 4 is 29.3 Å². The summed E-state index contributed by atoms with van der Waals surface area (Å²) in [6.07, 6.45) is 5.39. The number of para-hydroxylation sites is 1. The lowest BCUT2D eigenvalue weighted by atomic mass is 9.87. The van der Waals surface area contributed by atoms with Crippen molar-refractivity contribution in [1.82, 2.24) is 19.7 Å². The zero-order valence-corrected chi connectivity index (χ0v) is 20.2. The van der Waals surface area contributed by atoms with E-state index in [0.29, 0.717) is 29.2 Å². The molecule has 0 radical (unpaired) electrons. The van der Waals surface area contributed by atoms with Crippen molar-refractivity contribution in [2.75, 3.05) is 12.8 Å². The molecule has 1 atom stereocenters. The minimum Gasteiger partial charge on any atom is -0.484 e. The summed E-state index contributed by atoms with van der Waals surface area (Å²) >= 11 is 7.67. The predicted octanol–water partition coefficient (Wildman–Crippen LogP) is 5.47. The van der Waals surface area contributed by atoms with Crippen molar-refractivity contribution in [3.63, 3.8) is 0 Å². The summed E-state index contributed by atoms with van der Waals surface area (Å²) in [5.41, 5.74) is 2.64. The molecule has 1 fully saturated rings. The van der Waals surface area contributed by atoms with E-state index in [9.17, 15) is 4.79 Å². The second kappa shape index (κ2) is 9.77. The summed E-state index contributed by atoms with van der Waals surface area (Å²) in [6, 6.07) is 16.4. The van der Waals surface area contributed by atoms with E-state index in [0.717, 1.165) is 43.1 Å². The predicted molar refractivity (Wildman–Crippen MR) is 130 cm³/mol. The molecule has 2 aromatic carbocycles. The van der Waals surface area contributed by atoms with Crippen LogP contribution in [0.25, 0.3) is 0 Å². The number of amides is 1. The van der Waals surface area contributed by atoms with Gasteiger partial charge in [-0.1, -0.05) is 59.8 Å². The minimum atomic E-state index is 0.112. The SMILES string of the molecule is CN(C(=O)CSc1nnc(COc2ccccc2Cl)n1C1CC1)C1CCCc2ccccc21. The summed E-state index contributed by atoms with van der Waals surface area (Å²) in [6.45, 7) is 0.292. The first-order valence-electron chi connectivity index (χ1n) is 11.4. The number of carbonyl (C=O) groups excluding carboxylic acids is 1. The molecule has 8 heteroatoms. The Kier molecular flexibility index (Phi) is 6.60. The molecule has 2 aliphatic rings. The van der Waals surface area contributed by atoms with Crippen LogP contribution in [0.1, 0.15) is 54.7 Å². The van der Waals surface area contributed by atoms with Crippen molar-refractivity contribution in [1.29, 1.82) is 0 Å². The van der Waals surface area contributed by atoms with Gasteiger partial charge < -0.3 is 9.64 Å². The first kappa shape index (κ1) is 22.3. The fraction of sp³-hybridized carbons (Fsp3) is 0.400. The fourth-order valence-corrected chi connectivity index (χ4v) is 5.58. The van der Waals surface area contributed by atoms with Crippen LogP contribution in [-0.4, -0.2) is 38.4 Å². The summed E-state index contributed by atoms with van der Waals surface area (Å²) < 4.78 is 8.02. The van der Waals surface area contributed by atoms with Gasteiger partial charge in [-0.2, -0.15) is 0 Å². The molecule has 0 bridgehead atoms. The lowest BCUT2D eigenvalue weighted by Gasteiger charge is -2.33. The normalized spacial score (nSPS) is 17.5. The van der Waals surface area contributed by atoms with Crippen LogP contribution in [0.3, 0.4) is 0 Å². The standard InChI is InChI=1S/C25H27ClN4O2S/c1-29(21-11-6-8-17-7-2-3-9-19(17)21)24(31)16-33-25-28-27-23(30(25)18-13-14-18)15-32-22-12-5-4-10-20(22)26/h2-5,7,9-10,12,18,21H,6,8,11,13-16H2,1H3. The maximum Gasteiger partial charge on any atom is 0.233 e. The van der Waals surface area contributed by atoms with Crippen molar-refractivity contribution in [2.45, 2.75) is 56.0 Å². The second-order valence-electron chi connectivity index (χ2n) is 8.62. The number of hydrogen-bond acceptors (Lipinski definition) is 5. The van der Waals surface area contributed by atoms with Crippen LogP contribution in [0.4, 0.5) is 0 Å². The van der Waals surface area contributed by atoms with E-state index < -0.39 is 0 Å². The number of nitrogens with zero attached hydrogens (tertiary/aromatic N) is 4. The van der Waals surface area contributed by atoms with Crippen LogP contribution < -0.4 is 4.74 Å². The average Bonchev–Trinajstić information content (AvgIpc) is 3.61. The number of rotatable bonds is 8. The Hall–Kier alpha value is -2.51. The van der Waals surface area contributed by atoms with Gasteiger partial charge in [-0.25, -0.2) is 0 Å². The number of aryl methyl sites for hydroxylation is 1. The molecule has 172 valence electrons. The largest absolute Gasteiger partial charge is 0.484 e. The quantitative estimate of drug-likeness (QED) is 0.398. The molecule has 2 aliphatic carbocycles. The molecule has 3 aromatic rings. The second-order valence-corrected chi connectivity index (χ2v) is 9.97. The highest BCUT2D eigenvalue weighted by Gasteiger charge is 2.31. The van der Waals surface area contributed by atoms with Crippen LogP contribution in [-0.2, 0) is 17.8 Å². The van der Waals surface area contributed by atoms with E-state index in [2.05, 4.69) is 39.0 Å². The number of carbonyl (C=O) groups is 1. The molecular formula is C25H27ClN4O2S. The van der Waals surface area contributed by atoms with Crippen molar-refractivity contribution in [3.05, 3.63) is 70.5 Å². The van der Waals surface area contributed by atoms with Crippen LogP contribution in [0.2, 0.25) is 5.02 Å². The third-order valence-electron chi connectivity index (χ3n) is 6.36. The number of aromatic nitrogens is 3. The lowest BCUT2D eigenvalue weighted by Crippen LogP contribution is -2.34. The highest BCUT2D eigenvalue weighted by molar-refractivity contribution is 7.99. The van der Waals surface area contributed by atoms with Gasteiger partial charge in [0.1, 0.15) is 12.4 Å². The maximum absolute atomic E-state index is 13.1. The molecule has 1 amide bonds. The summed E-state index contributed by atoms with van der Waals surface area (Å²) in [4.78, 5) is 15.0. The Labute approximate surface area is 203 Å². The molecule has 0 saturated heterocycles. The van der Waals surface area contributed by atoms with Gasteiger partial charge in [0.15, 0.2) is 11.0 Å². The molecule has 1 heterocycles. The number of hydrogen-bond donors (Lipinski definition) is 0. The smallest absolute Gasteiger partial charge is 0.233 e. The summed E-state index contributed by atoms with van der Waals surface area (Å²) in [7, 11) is 1.92. The Bertz CT molecular complexity index is 1150. The van der Waals surface area contributed by atoms with Gasteiger partial charge in [0, 0.05) is 13.1 Å². The number of ether oxygens (including phenoxy) is 1. The van der Waals surface area contributed by atoms with E-state index in [-0.39, 0.29) is 11.9 Å². The summed E-state index contributed by atoms with van der Waals surface area (Å²) in [5, 5.41) is 10.1. The highest BCUT2D eigenvalue weighted by Crippen LogP contribution is 2.39. The first-order valence-corrected chi connectivity index (χ1v) is 12.8. The van der Waals surface area contributed by atoms with Crippen LogP contribution in [0, 0.1) is 0 Å². The minimum absolute atomic E-state index is 0.112. The monoisotopic (exact) mass is 482 g/mol. The van der Waals surface area contributed by atoms with Gasteiger partial charge in [-0.15, -0.1) is 10.2 Å². The Morgan fingerprint density at radius 1 is 1.15 bits per heavy atom. The molecule has 1 unspecified atom stereocenters. The molecule has 1 aromatic heterocycles. The van der Waals surface area contributed by atoms with Crippen molar-refractivity contribution in [2.24, 2.45) is 0 Å². The zero-order valence-electron chi connectivity index (χ0n) is 18.6. The number of thioether (sulfide) groups is 1. The molecular weight excluding hydrogens is 456 g/mol. The number of halogens is 1. The molecule has 6 nitrogen and oxygen atoms in total. The zero-order chi connectivity index (χ0) is 22.8. The van der Waals surface area contributed by atoms with E-state index in [1.807, 2.05) is 30.1 Å². The van der Waals surface area contributed by atoms with Crippen LogP contribution in [0.5, 0.6) is 5.75 Å². The van der Waals surface area contributed by atoms with E-state index in [1.165, 1.54) is 22.9 Å². The lowest BCUT2D eigenvalue weighted by molar-refractivity contribution is -0.129. The average molecular weight is 483 g/mol. The first-order chi connectivity index (χ1) is 16.1.